The fourth-order valence-corrected chi connectivity index (χ4v) is 3.12. The zero-order chi connectivity index (χ0) is 16.2. The lowest BCUT2D eigenvalue weighted by atomic mass is 9.82. The number of carbonyl (C=O) groups excluding carboxylic acids is 1. The Labute approximate surface area is 131 Å². The van der Waals surface area contributed by atoms with Crippen LogP contribution >= 0.6 is 0 Å². The summed E-state index contributed by atoms with van der Waals surface area (Å²) in [5.41, 5.74) is 2.29. The number of aryl methyl sites for hydroxylation is 1. The molecule has 1 aliphatic carbocycles. The van der Waals surface area contributed by atoms with Crippen LogP contribution in [0.2, 0.25) is 0 Å². The van der Waals surface area contributed by atoms with Crippen molar-refractivity contribution < 1.29 is 14.7 Å². The highest BCUT2D eigenvalue weighted by Crippen LogP contribution is 2.27. The van der Waals surface area contributed by atoms with E-state index in [0.29, 0.717) is 18.8 Å². The molecular formula is C18H25NO3. The standard InChI is InChI=1S/C18H25NO3/c1-18(2,10-9-17(21)22)19-16(20)12-13-7-8-14-5-3-4-6-15(14)11-13/h3-6,13H,7-12H2,1-2H3,(H,19,20)(H,21,22). The smallest absolute Gasteiger partial charge is 0.303 e. The van der Waals surface area contributed by atoms with Crippen LogP contribution in [0.15, 0.2) is 24.3 Å². The zero-order valence-electron chi connectivity index (χ0n) is 13.4. The highest BCUT2D eigenvalue weighted by Gasteiger charge is 2.25. The van der Waals surface area contributed by atoms with E-state index >= 15 is 0 Å². The Bertz CT molecular complexity index is 551. The van der Waals surface area contributed by atoms with Gasteiger partial charge >= 0.3 is 5.97 Å². The second-order valence-electron chi connectivity index (χ2n) is 6.91. The van der Waals surface area contributed by atoms with Crippen molar-refractivity contribution in [3.8, 4) is 0 Å². The first kappa shape index (κ1) is 16.5. The molecule has 4 heteroatoms. The molecule has 0 saturated heterocycles. The van der Waals surface area contributed by atoms with Gasteiger partial charge in [-0.2, -0.15) is 0 Å². The van der Waals surface area contributed by atoms with E-state index in [4.69, 9.17) is 5.11 Å². The lowest BCUT2D eigenvalue weighted by Gasteiger charge is -2.28. The van der Waals surface area contributed by atoms with Crippen molar-refractivity contribution in [2.45, 2.75) is 57.9 Å². The van der Waals surface area contributed by atoms with Crippen LogP contribution in [0, 0.1) is 5.92 Å². The number of aliphatic carboxylic acids is 1. The average Bonchev–Trinajstić information content (AvgIpc) is 2.44. The van der Waals surface area contributed by atoms with Gasteiger partial charge in [0.2, 0.25) is 5.91 Å². The first-order chi connectivity index (χ1) is 10.4. The van der Waals surface area contributed by atoms with Crippen molar-refractivity contribution in [3.63, 3.8) is 0 Å². The molecule has 0 saturated carbocycles. The third-order valence-electron chi connectivity index (χ3n) is 4.36. The van der Waals surface area contributed by atoms with E-state index in [1.807, 2.05) is 13.8 Å². The van der Waals surface area contributed by atoms with E-state index in [1.165, 1.54) is 11.1 Å². The molecule has 0 fully saturated rings. The summed E-state index contributed by atoms with van der Waals surface area (Å²) in [6.45, 7) is 3.76. The van der Waals surface area contributed by atoms with E-state index in [-0.39, 0.29) is 12.3 Å². The fraction of sp³-hybridized carbons (Fsp3) is 0.556. The molecule has 1 unspecified atom stereocenters. The summed E-state index contributed by atoms with van der Waals surface area (Å²) in [5, 5.41) is 11.7. The van der Waals surface area contributed by atoms with Gasteiger partial charge in [-0.05, 0) is 56.6 Å². The first-order valence-electron chi connectivity index (χ1n) is 7.95. The molecule has 2 rings (SSSR count). The summed E-state index contributed by atoms with van der Waals surface area (Å²) >= 11 is 0. The van der Waals surface area contributed by atoms with Crippen molar-refractivity contribution in [2.24, 2.45) is 5.92 Å². The van der Waals surface area contributed by atoms with Crippen molar-refractivity contribution in [1.29, 1.82) is 0 Å². The highest BCUT2D eigenvalue weighted by atomic mass is 16.4. The van der Waals surface area contributed by atoms with Gasteiger partial charge in [0.05, 0.1) is 0 Å². The molecule has 0 aromatic heterocycles. The largest absolute Gasteiger partial charge is 0.481 e. The van der Waals surface area contributed by atoms with E-state index in [9.17, 15) is 9.59 Å². The topological polar surface area (TPSA) is 66.4 Å². The molecule has 120 valence electrons. The van der Waals surface area contributed by atoms with Crippen LogP contribution in [0.4, 0.5) is 0 Å². The van der Waals surface area contributed by atoms with Gasteiger partial charge in [0.25, 0.3) is 0 Å². The van der Waals surface area contributed by atoms with Gasteiger partial charge in [0.1, 0.15) is 0 Å². The third kappa shape index (κ3) is 4.86. The van der Waals surface area contributed by atoms with Gasteiger partial charge < -0.3 is 10.4 Å². The molecule has 0 spiro atoms. The van der Waals surface area contributed by atoms with Crippen molar-refractivity contribution in [3.05, 3.63) is 35.4 Å². The number of hydrogen-bond acceptors (Lipinski definition) is 2. The molecular weight excluding hydrogens is 278 g/mol. The molecule has 22 heavy (non-hydrogen) atoms. The van der Waals surface area contributed by atoms with E-state index in [0.717, 1.165) is 19.3 Å². The van der Waals surface area contributed by atoms with Crippen molar-refractivity contribution in [2.75, 3.05) is 0 Å². The molecule has 2 N–H and O–H groups in total. The minimum atomic E-state index is -0.828. The monoisotopic (exact) mass is 303 g/mol. The zero-order valence-corrected chi connectivity index (χ0v) is 13.4. The van der Waals surface area contributed by atoms with E-state index in [1.54, 1.807) is 0 Å². The molecule has 0 heterocycles. The minimum Gasteiger partial charge on any atom is -0.481 e. The van der Waals surface area contributed by atoms with Gasteiger partial charge in [-0.3, -0.25) is 9.59 Å². The van der Waals surface area contributed by atoms with Gasteiger partial charge in [0.15, 0.2) is 0 Å². The first-order valence-corrected chi connectivity index (χ1v) is 7.95. The number of rotatable bonds is 6. The fourth-order valence-electron chi connectivity index (χ4n) is 3.12. The predicted octanol–water partition coefficient (Wildman–Crippen LogP) is 2.94. The van der Waals surface area contributed by atoms with Crippen LogP contribution in [-0.4, -0.2) is 22.5 Å². The molecule has 1 amide bonds. The number of fused-ring (bicyclic) bond motifs is 1. The van der Waals surface area contributed by atoms with Gasteiger partial charge in [-0.1, -0.05) is 24.3 Å². The Morgan fingerprint density at radius 2 is 1.95 bits per heavy atom. The normalized spacial score (nSPS) is 17.6. The average molecular weight is 303 g/mol. The van der Waals surface area contributed by atoms with Crippen LogP contribution in [0.3, 0.4) is 0 Å². The number of carbonyl (C=O) groups is 2. The van der Waals surface area contributed by atoms with Crippen LogP contribution in [-0.2, 0) is 22.4 Å². The van der Waals surface area contributed by atoms with Crippen LogP contribution in [0.5, 0.6) is 0 Å². The lowest BCUT2D eigenvalue weighted by molar-refractivity contribution is -0.137. The molecule has 4 nitrogen and oxygen atoms in total. The third-order valence-corrected chi connectivity index (χ3v) is 4.36. The molecule has 1 aromatic rings. The summed E-state index contributed by atoms with van der Waals surface area (Å²) in [6, 6.07) is 8.43. The number of benzene rings is 1. The Kier molecular flexibility index (Phi) is 5.22. The molecule has 1 atom stereocenters. The molecule has 1 aliphatic rings. The minimum absolute atomic E-state index is 0.0276. The molecule has 1 aromatic carbocycles. The maximum Gasteiger partial charge on any atom is 0.303 e. The number of hydrogen-bond donors (Lipinski definition) is 2. The number of nitrogens with one attached hydrogen (secondary N) is 1. The molecule has 0 bridgehead atoms. The number of amides is 1. The number of carboxylic acids is 1. The van der Waals surface area contributed by atoms with Gasteiger partial charge in [0, 0.05) is 18.4 Å². The highest BCUT2D eigenvalue weighted by molar-refractivity contribution is 5.77. The van der Waals surface area contributed by atoms with E-state index < -0.39 is 11.5 Å². The van der Waals surface area contributed by atoms with Gasteiger partial charge in [-0.15, -0.1) is 0 Å². The quantitative estimate of drug-likeness (QED) is 0.849. The van der Waals surface area contributed by atoms with Gasteiger partial charge in [-0.25, -0.2) is 0 Å². The lowest BCUT2D eigenvalue weighted by Crippen LogP contribution is -2.44. The van der Waals surface area contributed by atoms with Crippen molar-refractivity contribution >= 4 is 11.9 Å². The SMILES string of the molecule is CC(C)(CCC(=O)O)NC(=O)CC1CCc2ccccc2C1. The maximum absolute atomic E-state index is 12.2. The maximum atomic E-state index is 12.2. The second kappa shape index (κ2) is 6.95. The summed E-state index contributed by atoms with van der Waals surface area (Å²) in [5.74, 6) is -0.420. The Balaban J connectivity index is 1.84. The van der Waals surface area contributed by atoms with Crippen molar-refractivity contribution in [1.82, 2.24) is 5.32 Å². The Morgan fingerprint density at radius 3 is 2.64 bits per heavy atom. The van der Waals surface area contributed by atoms with Crippen LogP contribution < -0.4 is 5.32 Å². The predicted molar refractivity (Wildman–Crippen MR) is 85.7 cm³/mol. The summed E-state index contributed by atoms with van der Waals surface area (Å²) in [7, 11) is 0. The Hall–Kier alpha value is -1.84. The van der Waals surface area contributed by atoms with Crippen LogP contribution in [0.1, 0.15) is 50.7 Å². The van der Waals surface area contributed by atoms with E-state index in [2.05, 4.69) is 29.6 Å². The molecule has 0 aliphatic heterocycles. The van der Waals surface area contributed by atoms with Crippen LogP contribution in [0.25, 0.3) is 0 Å². The number of carboxylic acid groups (broad SMARTS) is 1. The summed E-state index contributed by atoms with van der Waals surface area (Å²) < 4.78 is 0. The summed E-state index contributed by atoms with van der Waals surface area (Å²) in [6.07, 6.45) is 4.08. The second-order valence-corrected chi connectivity index (χ2v) is 6.91. The Morgan fingerprint density at radius 1 is 1.27 bits per heavy atom. The molecule has 0 radical (unpaired) electrons. The summed E-state index contributed by atoms with van der Waals surface area (Å²) in [4.78, 5) is 22.9.